The van der Waals surface area contributed by atoms with E-state index in [1.807, 2.05) is 24.3 Å². The molecule has 0 amide bonds. The molecule has 0 saturated carbocycles. The van der Waals surface area contributed by atoms with Crippen LogP contribution in [-0.4, -0.2) is 53.4 Å². The SMILES string of the molecule is C=CCN(CC=C)C(C(C)O)N(CC=C)CC=C. The van der Waals surface area contributed by atoms with Gasteiger partial charge in [-0.3, -0.25) is 9.80 Å². The summed E-state index contributed by atoms with van der Waals surface area (Å²) >= 11 is 0. The van der Waals surface area contributed by atoms with Gasteiger partial charge in [0, 0.05) is 26.2 Å². The molecule has 18 heavy (non-hydrogen) atoms. The quantitative estimate of drug-likeness (QED) is 0.449. The first kappa shape index (κ1) is 16.8. The molecule has 1 unspecified atom stereocenters. The smallest absolute Gasteiger partial charge is 0.0898 e. The first-order valence-electron chi connectivity index (χ1n) is 6.22. The maximum absolute atomic E-state index is 10.0. The van der Waals surface area contributed by atoms with Crippen LogP contribution in [0.15, 0.2) is 50.6 Å². The van der Waals surface area contributed by atoms with Crippen LogP contribution in [0.2, 0.25) is 0 Å². The first-order valence-corrected chi connectivity index (χ1v) is 6.22. The van der Waals surface area contributed by atoms with E-state index in [1.54, 1.807) is 6.92 Å². The van der Waals surface area contributed by atoms with Gasteiger partial charge in [-0.25, -0.2) is 0 Å². The van der Waals surface area contributed by atoms with Crippen LogP contribution in [-0.2, 0) is 0 Å². The minimum absolute atomic E-state index is 0.100. The second-order valence-electron chi connectivity index (χ2n) is 4.22. The van der Waals surface area contributed by atoms with E-state index in [1.165, 1.54) is 0 Å². The molecule has 0 heterocycles. The van der Waals surface area contributed by atoms with E-state index >= 15 is 0 Å². The van der Waals surface area contributed by atoms with Crippen LogP contribution in [0.3, 0.4) is 0 Å². The fourth-order valence-electron chi connectivity index (χ4n) is 2.09. The summed E-state index contributed by atoms with van der Waals surface area (Å²) in [6, 6.07) is 0. The average Bonchev–Trinajstić information content (AvgIpc) is 2.30. The van der Waals surface area contributed by atoms with Crippen molar-refractivity contribution in [1.82, 2.24) is 9.80 Å². The van der Waals surface area contributed by atoms with E-state index in [-0.39, 0.29) is 6.17 Å². The standard InChI is InChI=1S/C15H26N2O/c1-6-10-16(11-7-2)15(14(5)18)17(12-8-3)13-9-4/h6-9,14-15,18H,1-4,10-13H2,5H3. The van der Waals surface area contributed by atoms with Gasteiger partial charge in [0.05, 0.1) is 12.3 Å². The number of aliphatic hydroxyl groups excluding tert-OH is 1. The molecule has 3 heteroatoms. The maximum atomic E-state index is 10.0. The van der Waals surface area contributed by atoms with Gasteiger partial charge in [0.25, 0.3) is 0 Å². The Morgan fingerprint density at radius 1 is 0.833 bits per heavy atom. The molecule has 1 N–H and O–H groups in total. The van der Waals surface area contributed by atoms with Crippen molar-refractivity contribution in [2.24, 2.45) is 0 Å². The lowest BCUT2D eigenvalue weighted by atomic mass is 10.2. The third kappa shape index (κ3) is 5.45. The van der Waals surface area contributed by atoms with Gasteiger partial charge in [-0.05, 0) is 6.92 Å². The minimum Gasteiger partial charge on any atom is -0.390 e. The zero-order chi connectivity index (χ0) is 14.0. The van der Waals surface area contributed by atoms with Crippen molar-refractivity contribution in [2.45, 2.75) is 19.2 Å². The monoisotopic (exact) mass is 250 g/mol. The fourth-order valence-corrected chi connectivity index (χ4v) is 2.09. The van der Waals surface area contributed by atoms with E-state index in [4.69, 9.17) is 0 Å². The van der Waals surface area contributed by atoms with Crippen molar-refractivity contribution in [3.63, 3.8) is 0 Å². The minimum atomic E-state index is -0.482. The van der Waals surface area contributed by atoms with Crippen molar-refractivity contribution in [3.8, 4) is 0 Å². The molecule has 0 radical (unpaired) electrons. The van der Waals surface area contributed by atoms with Gasteiger partial charge in [-0.1, -0.05) is 24.3 Å². The Hall–Kier alpha value is -1.16. The van der Waals surface area contributed by atoms with Crippen molar-refractivity contribution >= 4 is 0 Å². The fraction of sp³-hybridized carbons (Fsp3) is 0.467. The summed E-state index contributed by atoms with van der Waals surface area (Å²) in [5.41, 5.74) is 0. The predicted molar refractivity (Wildman–Crippen MR) is 79.4 cm³/mol. The van der Waals surface area contributed by atoms with E-state index in [0.29, 0.717) is 26.2 Å². The number of rotatable bonds is 11. The van der Waals surface area contributed by atoms with Crippen molar-refractivity contribution in [2.75, 3.05) is 26.2 Å². The normalized spacial score (nSPS) is 12.7. The lowest BCUT2D eigenvalue weighted by molar-refractivity contribution is -0.0198. The Morgan fingerprint density at radius 2 is 1.11 bits per heavy atom. The van der Waals surface area contributed by atoms with Gasteiger partial charge in [0.15, 0.2) is 0 Å². The molecule has 0 spiro atoms. The van der Waals surface area contributed by atoms with Gasteiger partial charge < -0.3 is 5.11 Å². The second kappa shape index (κ2) is 9.83. The molecule has 0 aliphatic carbocycles. The van der Waals surface area contributed by atoms with E-state index in [0.717, 1.165) is 0 Å². The molecule has 0 bridgehead atoms. The summed E-state index contributed by atoms with van der Waals surface area (Å²) in [4.78, 5) is 4.25. The number of hydrogen-bond donors (Lipinski definition) is 1. The van der Waals surface area contributed by atoms with Crippen molar-refractivity contribution in [3.05, 3.63) is 50.6 Å². The van der Waals surface area contributed by atoms with Gasteiger partial charge in [0.1, 0.15) is 0 Å². The largest absolute Gasteiger partial charge is 0.390 e. The van der Waals surface area contributed by atoms with Crippen LogP contribution in [0, 0.1) is 0 Å². The number of hydrogen-bond acceptors (Lipinski definition) is 3. The van der Waals surface area contributed by atoms with Gasteiger partial charge >= 0.3 is 0 Å². The Morgan fingerprint density at radius 3 is 1.28 bits per heavy atom. The van der Waals surface area contributed by atoms with Crippen LogP contribution in [0.4, 0.5) is 0 Å². The molecular weight excluding hydrogens is 224 g/mol. The maximum Gasteiger partial charge on any atom is 0.0898 e. The molecule has 0 aromatic heterocycles. The highest BCUT2D eigenvalue weighted by molar-refractivity contribution is 4.91. The highest BCUT2D eigenvalue weighted by atomic mass is 16.3. The molecule has 0 aromatic rings. The average molecular weight is 250 g/mol. The van der Waals surface area contributed by atoms with Gasteiger partial charge in [-0.2, -0.15) is 0 Å². The number of nitrogens with zero attached hydrogens (tertiary/aromatic N) is 2. The van der Waals surface area contributed by atoms with Gasteiger partial charge in [-0.15, -0.1) is 26.3 Å². The zero-order valence-corrected chi connectivity index (χ0v) is 11.5. The molecule has 0 aromatic carbocycles. The van der Waals surface area contributed by atoms with Crippen LogP contribution in [0.25, 0.3) is 0 Å². The first-order chi connectivity index (χ1) is 8.62. The van der Waals surface area contributed by atoms with Crippen LogP contribution in [0.1, 0.15) is 6.92 Å². The summed E-state index contributed by atoms with van der Waals surface area (Å²) in [5.74, 6) is 0. The van der Waals surface area contributed by atoms with Crippen molar-refractivity contribution in [1.29, 1.82) is 0 Å². The Kier molecular flexibility index (Phi) is 9.19. The lowest BCUT2D eigenvalue weighted by Gasteiger charge is -2.39. The molecule has 0 rings (SSSR count). The third-order valence-electron chi connectivity index (χ3n) is 2.63. The molecule has 3 nitrogen and oxygen atoms in total. The number of aliphatic hydroxyl groups is 1. The highest BCUT2D eigenvalue weighted by Gasteiger charge is 2.26. The van der Waals surface area contributed by atoms with E-state index in [2.05, 4.69) is 36.1 Å². The predicted octanol–water partition coefficient (Wildman–Crippen LogP) is 2.04. The molecule has 0 saturated heterocycles. The molecule has 102 valence electrons. The Balaban J connectivity index is 5.04. The third-order valence-corrected chi connectivity index (χ3v) is 2.63. The summed E-state index contributed by atoms with van der Waals surface area (Å²) < 4.78 is 0. The molecule has 1 atom stereocenters. The summed E-state index contributed by atoms with van der Waals surface area (Å²) in [5, 5.41) is 10.0. The van der Waals surface area contributed by atoms with E-state index in [9.17, 15) is 5.11 Å². The highest BCUT2D eigenvalue weighted by Crippen LogP contribution is 2.11. The summed E-state index contributed by atoms with van der Waals surface area (Å²) in [6.07, 6.45) is 6.75. The Bertz CT molecular complexity index is 230. The van der Waals surface area contributed by atoms with Crippen molar-refractivity contribution < 1.29 is 5.11 Å². The topological polar surface area (TPSA) is 26.7 Å². The molecular formula is C15H26N2O. The second-order valence-corrected chi connectivity index (χ2v) is 4.22. The zero-order valence-electron chi connectivity index (χ0n) is 11.5. The molecule has 0 aliphatic rings. The van der Waals surface area contributed by atoms with Crippen LogP contribution in [0.5, 0.6) is 0 Å². The summed E-state index contributed by atoms with van der Waals surface area (Å²) in [6.45, 7) is 19.6. The van der Waals surface area contributed by atoms with Crippen LogP contribution < -0.4 is 0 Å². The van der Waals surface area contributed by atoms with Gasteiger partial charge in [0.2, 0.25) is 0 Å². The van der Waals surface area contributed by atoms with E-state index < -0.39 is 6.10 Å². The summed E-state index contributed by atoms with van der Waals surface area (Å²) in [7, 11) is 0. The lowest BCUT2D eigenvalue weighted by Crippen LogP contribution is -2.54. The molecule has 0 aliphatic heterocycles. The van der Waals surface area contributed by atoms with Crippen LogP contribution >= 0.6 is 0 Å². The Labute approximate surface area is 111 Å². The molecule has 0 fully saturated rings.